The number of rotatable bonds is 3. The molecule has 0 aliphatic heterocycles. The predicted molar refractivity (Wildman–Crippen MR) is 71.1 cm³/mol. The van der Waals surface area contributed by atoms with E-state index in [0.717, 1.165) is 23.6 Å². The third-order valence-electron chi connectivity index (χ3n) is 2.94. The second kappa shape index (κ2) is 4.53. The summed E-state index contributed by atoms with van der Waals surface area (Å²) in [5.41, 5.74) is 2.20. The van der Waals surface area contributed by atoms with Crippen LogP contribution in [-0.2, 0) is 6.42 Å². The normalized spacial score (nSPS) is 10.7. The maximum Gasteiger partial charge on any atom is 0.140 e. The zero-order valence-electron chi connectivity index (χ0n) is 10.2. The average Bonchev–Trinajstić information content (AvgIpc) is 2.87. The molecular weight excluding hydrogens is 224 g/mol. The highest BCUT2D eigenvalue weighted by molar-refractivity contribution is 5.45. The van der Waals surface area contributed by atoms with Crippen molar-refractivity contribution in [1.82, 2.24) is 9.38 Å². The predicted octanol–water partition coefficient (Wildman–Crippen LogP) is 3.69. The molecule has 3 rings (SSSR count). The van der Waals surface area contributed by atoms with Crippen LogP contribution in [-0.4, -0.2) is 9.38 Å². The summed E-state index contributed by atoms with van der Waals surface area (Å²) in [5.74, 6) is 1.65. The van der Waals surface area contributed by atoms with Gasteiger partial charge in [-0.3, -0.25) is 0 Å². The molecule has 0 unspecified atom stereocenters. The van der Waals surface area contributed by atoms with E-state index in [9.17, 15) is 0 Å². The molecule has 90 valence electrons. The van der Waals surface area contributed by atoms with Gasteiger partial charge in [0.15, 0.2) is 0 Å². The van der Waals surface area contributed by atoms with Crippen LogP contribution >= 0.6 is 0 Å². The quantitative estimate of drug-likeness (QED) is 0.695. The Kier molecular flexibility index (Phi) is 2.73. The molecule has 0 bridgehead atoms. The number of aryl methyl sites for hydroxylation is 1. The van der Waals surface area contributed by atoms with E-state index in [0.29, 0.717) is 0 Å². The van der Waals surface area contributed by atoms with Gasteiger partial charge in [-0.2, -0.15) is 0 Å². The zero-order valence-corrected chi connectivity index (χ0v) is 10.2. The van der Waals surface area contributed by atoms with Gasteiger partial charge in [0.25, 0.3) is 0 Å². The Labute approximate surface area is 106 Å². The fraction of sp³-hybridized carbons (Fsp3) is 0.133. The monoisotopic (exact) mass is 238 g/mol. The molecule has 3 nitrogen and oxygen atoms in total. The Morgan fingerprint density at radius 3 is 2.67 bits per heavy atom. The third kappa shape index (κ3) is 2.07. The molecular formula is C15H14N2O. The molecule has 0 saturated heterocycles. The smallest absolute Gasteiger partial charge is 0.140 e. The molecule has 2 aromatic heterocycles. The van der Waals surface area contributed by atoms with E-state index in [1.807, 2.05) is 41.1 Å². The van der Waals surface area contributed by atoms with Gasteiger partial charge in [0.1, 0.15) is 17.1 Å². The van der Waals surface area contributed by atoms with Gasteiger partial charge >= 0.3 is 0 Å². The lowest BCUT2D eigenvalue weighted by Crippen LogP contribution is -1.88. The van der Waals surface area contributed by atoms with Gasteiger partial charge in [-0.05, 0) is 30.2 Å². The lowest BCUT2D eigenvalue weighted by atomic mass is 10.2. The Bertz CT molecular complexity index is 656. The summed E-state index contributed by atoms with van der Waals surface area (Å²) in [5, 5.41) is 0. The maximum atomic E-state index is 5.80. The first-order valence-electron chi connectivity index (χ1n) is 6.04. The molecule has 0 saturated carbocycles. The van der Waals surface area contributed by atoms with Crippen LogP contribution in [0.25, 0.3) is 5.65 Å². The Morgan fingerprint density at radius 2 is 1.89 bits per heavy atom. The molecule has 0 aliphatic carbocycles. The van der Waals surface area contributed by atoms with E-state index in [-0.39, 0.29) is 0 Å². The standard InChI is InChI=1S/C15H14N2O/c1-2-12-3-5-13(6-4-12)18-14-7-9-17-10-8-16-15(17)11-14/h3-11H,2H2,1H3. The Hall–Kier alpha value is -2.29. The highest BCUT2D eigenvalue weighted by atomic mass is 16.5. The summed E-state index contributed by atoms with van der Waals surface area (Å²) in [6.45, 7) is 2.14. The zero-order chi connectivity index (χ0) is 12.4. The molecule has 0 atom stereocenters. The fourth-order valence-corrected chi connectivity index (χ4v) is 1.88. The third-order valence-corrected chi connectivity index (χ3v) is 2.94. The van der Waals surface area contributed by atoms with Crippen molar-refractivity contribution >= 4 is 5.65 Å². The first-order chi connectivity index (χ1) is 8.85. The lowest BCUT2D eigenvalue weighted by Gasteiger charge is -2.06. The summed E-state index contributed by atoms with van der Waals surface area (Å²) in [6, 6.07) is 12.0. The summed E-state index contributed by atoms with van der Waals surface area (Å²) < 4.78 is 7.75. The van der Waals surface area contributed by atoms with Crippen molar-refractivity contribution in [2.45, 2.75) is 13.3 Å². The van der Waals surface area contributed by atoms with E-state index in [1.165, 1.54) is 5.56 Å². The highest BCUT2D eigenvalue weighted by Crippen LogP contribution is 2.22. The number of hydrogen-bond donors (Lipinski definition) is 0. The number of imidazole rings is 1. The minimum absolute atomic E-state index is 0.804. The number of nitrogens with zero attached hydrogens (tertiary/aromatic N) is 2. The molecule has 0 fully saturated rings. The topological polar surface area (TPSA) is 26.5 Å². The minimum atomic E-state index is 0.804. The van der Waals surface area contributed by atoms with Crippen molar-refractivity contribution in [3.05, 3.63) is 60.6 Å². The van der Waals surface area contributed by atoms with Crippen LogP contribution in [0.5, 0.6) is 11.5 Å². The Balaban J connectivity index is 1.85. The van der Waals surface area contributed by atoms with E-state index >= 15 is 0 Å². The van der Waals surface area contributed by atoms with Crippen LogP contribution in [0.4, 0.5) is 0 Å². The minimum Gasteiger partial charge on any atom is -0.457 e. The molecule has 0 spiro atoms. The number of benzene rings is 1. The van der Waals surface area contributed by atoms with Gasteiger partial charge in [0.2, 0.25) is 0 Å². The number of hydrogen-bond acceptors (Lipinski definition) is 2. The first kappa shape index (κ1) is 10.8. The second-order valence-corrected chi connectivity index (χ2v) is 4.15. The van der Waals surface area contributed by atoms with Gasteiger partial charge < -0.3 is 9.14 Å². The van der Waals surface area contributed by atoms with Crippen molar-refractivity contribution < 1.29 is 4.74 Å². The maximum absolute atomic E-state index is 5.80. The van der Waals surface area contributed by atoms with Crippen LogP contribution < -0.4 is 4.74 Å². The van der Waals surface area contributed by atoms with Crippen molar-refractivity contribution in [2.24, 2.45) is 0 Å². The SMILES string of the molecule is CCc1ccc(Oc2ccn3ccnc3c2)cc1. The van der Waals surface area contributed by atoms with Crippen molar-refractivity contribution in [1.29, 1.82) is 0 Å². The highest BCUT2D eigenvalue weighted by Gasteiger charge is 2.00. The molecule has 1 aromatic carbocycles. The van der Waals surface area contributed by atoms with Crippen LogP contribution in [0.1, 0.15) is 12.5 Å². The van der Waals surface area contributed by atoms with Crippen molar-refractivity contribution in [2.75, 3.05) is 0 Å². The Morgan fingerprint density at radius 1 is 1.06 bits per heavy atom. The van der Waals surface area contributed by atoms with Crippen LogP contribution in [0.15, 0.2) is 55.0 Å². The number of pyridine rings is 1. The molecule has 0 radical (unpaired) electrons. The van der Waals surface area contributed by atoms with E-state index in [4.69, 9.17) is 4.74 Å². The number of ether oxygens (including phenoxy) is 1. The van der Waals surface area contributed by atoms with Crippen molar-refractivity contribution in [3.8, 4) is 11.5 Å². The summed E-state index contributed by atoms with van der Waals surface area (Å²) >= 11 is 0. The molecule has 0 aliphatic rings. The van der Waals surface area contributed by atoms with E-state index < -0.39 is 0 Å². The molecule has 0 N–H and O–H groups in total. The van der Waals surface area contributed by atoms with Gasteiger partial charge in [-0.1, -0.05) is 19.1 Å². The number of fused-ring (bicyclic) bond motifs is 1. The van der Waals surface area contributed by atoms with Crippen LogP contribution in [0, 0.1) is 0 Å². The molecule has 18 heavy (non-hydrogen) atoms. The fourth-order valence-electron chi connectivity index (χ4n) is 1.88. The van der Waals surface area contributed by atoms with Crippen molar-refractivity contribution in [3.63, 3.8) is 0 Å². The molecule has 0 amide bonds. The van der Waals surface area contributed by atoms with E-state index in [2.05, 4.69) is 24.0 Å². The molecule has 3 aromatic rings. The van der Waals surface area contributed by atoms with Gasteiger partial charge in [0.05, 0.1) is 0 Å². The van der Waals surface area contributed by atoms with Gasteiger partial charge in [-0.15, -0.1) is 0 Å². The van der Waals surface area contributed by atoms with E-state index in [1.54, 1.807) is 6.20 Å². The van der Waals surface area contributed by atoms with Crippen LogP contribution in [0.3, 0.4) is 0 Å². The summed E-state index contributed by atoms with van der Waals surface area (Å²) in [6.07, 6.45) is 6.67. The summed E-state index contributed by atoms with van der Waals surface area (Å²) in [4.78, 5) is 4.23. The number of aromatic nitrogens is 2. The first-order valence-corrected chi connectivity index (χ1v) is 6.04. The molecule has 2 heterocycles. The largest absolute Gasteiger partial charge is 0.457 e. The van der Waals surface area contributed by atoms with Crippen LogP contribution in [0.2, 0.25) is 0 Å². The van der Waals surface area contributed by atoms with Gasteiger partial charge in [0, 0.05) is 24.7 Å². The summed E-state index contributed by atoms with van der Waals surface area (Å²) in [7, 11) is 0. The second-order valence-electron chi connectivity index (χ2n) is 4.15. The molecule has 3 heteroatoms. The average molecular weight is 238 g/mol. The van der Waals surface area contributed by atoms with Gasteiger partial charge in [-0.25, -0.2) is 4.98 Å². The lowest BCUT2D eigenvalue weighted by molar-refractivity contribution is 0.482.